The van der Waals surface area contributed by atoms with Crippen LogP contribution in [0.2, 0.25) is 0 Å². The van der Waals surface area contributed by atoms with Crippen molar-refractivity contribution in [3.05, 3.63) is 46.5 Å². The van der Waals surface area contributed by atoms with E-state index in [-0.39, 0.29) is 23.8 Å². The number of ether oxygens (including phenoxy) is 2. The van der Waals surface area contributed by atoms with E-state index in [4.69, 9.17) is 0 Å². The summed E-state index contributed by atoms with van der Waals surface area (Å²) < 4.78 is 34.6. The van der Waals surface area contributed by atoms with E-state index >= 15 is 0 Å². The van der Waals surface area contributed by atoms with Crippen LogP contribution in [-0.2, 0) is 24.3 Å². The largest absolute Gasteiger partial charge is 0.462 e. The number of amides is 1. The average molecular weight is 358 g/mol. The number of benzene rings is 1. The molecule has 130 valence electrons. The quantitative estimate of drug-likeness (QED) is 0.331. The molecule has 0 bridgehead atoms. The molecule has 0 fully saturated rings. The number of hydrogen-bond donors (Lipinski definition) is 1. The third kappa shape index (κ3) is 6.44. The van der Waals surface area contributed by atoms with Gasteiger partial charge in [-0.15, -0.1) is 0 Å². The number of nitro groups is 1. The molecule has 0 unspecified atom stereocenters. The highest BCUT2D eigenvalue weighted by atomic mass is 32.2. The summed E-state index contributed by atoms with van der Waals surface area (Å²) in [5.74, 6) is -0.465. The van der Waals surface area contributed by atoms with Crippen LogP contribution in [0.25, 0.3) is 0 Å². The van der Waals surface area contributed by atoms with Gasteiger partial charge in [0.25, 0.3) is 15.7 Å². The highest BCUT2D eigenvalue weighted by molar-refractivity contribution is 7.90. The van der Waals surface area contributed by atoms with Gasteiger partial charge in [-0.05, 0) is 24.3 Å². The molecule has 1 amide bonds. The first kappa shape index (κ1) is 19.1. The highest BCUT2D eigenvalue weighted by Gasteiger charge is 2.19. The summed E-state index contributed by atoms with van der Waals surface area (Å²) in [4.78, 5) is 31.4. The molecule has 11 heteroatoms. The summed E-state index contributed by atoms with van der Waals surface area (Å²) >= 11 is 0. The van der Waals surface area contributed by atoms with Crippen molar-refractivity contribution in [3.8, 4) is 0 Å². The Balaban J connectivity index is 2.52. The van der Waals surface area contributed by atoms with E-state index in [9.17, 15) is 28.1 Å². The van der Waals surface area contributed by atoms with Gasteiger partial charge in [0.2, 0.25) is 0 Å². The lowest BCUT2D eigenvalue weighted by molar-refractivity contribution is -0.384. The molecule has 0 atom stereocenters. The molecule has 1 aromatic carbocycles. The van der Waals surface area contributed by atoms with Crippen molar-refractivity contribution in [2.75, 3.05) is 13.2 Å². The molecule has 0 spiro atoms. The number of nitro benzene ring substituents is 1. The van der Waals surface area contributed by atoms with Gasteiger partial charge in [-0.3, -0.25) is 14.9 Å². The summed E-state index contributed by atoms with van der Waals surface area (Å²) in [7, 11) is -4.20. The van der Waals surface area contributed by atoms with Crippen molar-refractivity contribution in [3.63, 3.8) is 0 Å². The van der Waals surface area contributed by atoms with Gasteiger partial charge in [-0.2, -0.15) is 0 Å². The third-order valence-electron chi connectivity index (χ3n) is 2.44. The maximum atomic E-state index is 11.9. The monoisotopic (exact) mass is 358 g/mol. The van der Waals surface area contributed by atoms with E-state index in [2.05, 4.69) is 9.47 Å². The van der Waals surface area contributed by atoms with Crippen LogP contribution in [0.3, 0.4) is 0 Å². The molecule has 0 radical (unpaired) electrons. The normalized spacial score (nSPS) is 11.0. The minimum atomic E-state index is -4.20. The van der Waals surface area contributed by atoms with Gasteiger partial charge in [0.15, 0.2) is 0 Å². The SMILES string of the molecule is CC(=O)OC/C=C/COC(=O)NS(=O)(=O)c1ccc([N+](=O)[O-])cc1. The van der Waals surface area contributed by atoms with Gasteiger partial charge in [0.05, 0.1) is 9.82 Å². The van der Waals surface area contributed by atoms with Crippen molar-refractivity contribution >= 4 is 27.8 Å². The molecule has 1 rings (SSSR count). The Kier molecular flexibility index (Phi) is 6.86. The fourth-order valence-corrected chi connectivity index (χ4v) is 2.26. The molecule has 0 aliphatic heterocycles. The van der Waals surface area contributed by atoms with Crippen LogP contribution in [0.15, 0.2) is 41.3 Å². The van der Waals surface area contributed by atoms with Crippen LogP contribution >= 0.6 is 0 Å². The fraction of sp³-hybridized carbons (Fsp3) is 0.231. The van der Waals surface area contributed by atoms with Crippen molar-refractivity contribution in [2.45, 2.75) is 11.8 Å². The molecule has 1 N–H and O–H groups in total. The smallest absolute Gasteiger partial charge is 0.421 e. The summed E-state index contributed by atoms with van der Waals surface area (Å²) in [6, 6.07) is 3.98. The molecule has 0 aliphatic rings. The Morgan fingerprint density at radius 3 is 2.21 bits per heavy atom. The van der Waals surface area contributed by atoms with E-state index < -0.39 is 27.0 Å². The van der Waals surface area contributed by atoms with Crippen molar-refractivity contribution in [1.82, 2.24) is 4.72 Å². The Morgan fingerprint density at radius 2 is 1.71 bits per heavy atom. The van der Waals surface area contributed by atoms with Gasteiger partial charge < -0.3 is 9.47 Å². The lowest BCUT2D eigenvalue weighted by Crippen LogP contribution is -2.31. The summed E-state index contributed by atoms with van der Waals surface area (Å²) in [5, 5.41) is 10.5. The van der Waals surface area contributed by atoms with Crippen molar-refractivity contribution in [1.29, 1.82) is 0 Å². The number of nitrogens with one attached hydrogen (secondary N) is 1. The zero-order valence-corrected chi connectivity index (χ0v) is 13.3. The van der Waals surface area contributed by atoms with E-state index in [0.717, 1.165) is 24.3 Å². The molecule has 0 aromatic heterocycles. The average Bonchev–Trinajstić information content (AvgIpc) is 2.50. The molecular weight excluding hydrogens is 344 g/mol. The molecule has 0 saturated heterocycles. The number of rotatable bonds is 7. The lowest BCUT2D eigenvalue weighted by atomic mass is 10.3. The number of hydrogen-bond acceptors (Lipinski definition) is 8. The van der Waals surface area contributed by atoms with Crippen LogP contribution in [0, 0.1) is 10.1 Å². The second-order valence-corrected chi connectivity index (χ2v) is 5.91. The number of sulfonamides is 1. The highest BCUT2D eigenvalue weighted by Crippen LogP contribution is 2.15. The Labute approximate surface area is 137 Å². The Hall–Kier alpha value is -2.95. The van der Waals surface area contributed by atoms with Crippen LogP contribution in [0.5, 0.6) is 0 Å². The van der Waals surface area contributed by atoms with Gasteiger partial charge in [-0.25, -0.2) is 17.9 Å². The molecule has 0 heterocycles. The number of carbonyl (C=O) groups excluding carboxylic acids is 2. The van der Waals surface area contributed by atoms with E-state index in [1.807, 2.05) is 0 Å². The molecule has 0 saturated carbocycles. The number of carbonyl (C=O) groups is 2. The predicted molar refractivity (Wildman–Crippen MR) is 80.5 cm³/mol. The van der Waals surface area contributed by atoms with E-state index in [1.165, 1.54) is 19.1 Å². The second kappa shape index (κ2) is 8.62. The first-order valence-corrected chi connectivity index (χ1v) is 7.93. The molecule has 1 aromatic rings. The number of non-ortho nitro benzene ring substituents is 1. The first-order valence-electron chi connectivity index (χ1n) is 6.45. The zero-order chi connectivity index (χ0) is 18.2. The zero-order valence-electron chi connectivity index (χ0n) is 12.5. The van der Waals surface area contributed by atoms with Crippen LogP contribution in [0.4, 0.5) is 10.5 Å². The first-order chi connectivity index (χ1) is 11.2. The molecule has 10 nitrogen and oxygen atoms in total. The lowest BCUT2D eigenvalue weighted by Gasteiger charge is -2.06. The minimum absolute atomic E-state index is 0.00139. The number of esters is 1. The standard InChI is InChI=1S/C13H14N2O8S/c1-10(16)22-8-2-3-9-23-13(17)14-24(20,21)12-6-4-11(5-7-12)15(18)19/h2-7H,8-9H2,1H3,(H,14,17)/b3-2+. The summed E-state index contributed by atoms with van der Waals surface area (Å²) in [6.45, 7) is 1.01. The van der Waals surface area contributed by atoms with Crippen molar-refractivity contribution < 1.29 is 32.4 Å². The maximum Gasteiger partial charge on any atom is 0.421 e. The minimum Gasteiger partial charge on any atom is -0.462 e. The van der Waals surface area contributed by atoms with Gasteiger partial charge in [0.1, 0.15) is 13.2 Å². The van der Waals surface area contributed by atoms with Gasteiger partial charge in [0, 0.05) is 19.1 Å². The van der Waals surface area contributed by atoms with Crippen LogP contribution in [0.1, 0.15) is 6.92 Å². The van der Waals surface area contributed by atoms with Crippen LogP contribution in [-0.4, -0.2) is 38.6 Å². The second-order valence-electron chi connectivity index (χ2n) is 4.23. The van der Waals surface area contributed by atoms with E-state index in [1.54, 1.807) is 4.72 Å². The van der Waals surface area contributed by atoms with Gasteiger partial charge in [-0.1, -0.05) is 0 Å². The summed E-state index contributed by atoms with van der Waals surface area (Å²) in [5.41, 5.74) is -0.283. The third-order valence-corrected chi connectivity index (χ3v) is 3.76. The topological polar surface area (TPSA) is 142 Å². The van der Waals surface area contributed by atoms with Gasteiger partial charge >= 0.3 is 12.1 Å². The maximum absolute atomic E-state index is 11.9. The summed E-state index contributed by atoms with van der Waals surface area (Å²) in [6.07, 6.45) is 1.56. The Morgan fingerprint density at radius 1 is 1.17 bits per heavy atom. The van der Waals surface area contributed by atoms with E-state index in [0.29, 0.717) is 0 Å². The molecule has 0 aliphatic carbocycles. The van der Waals surface area contributed by atoms with Crippen molar-refractivity contribution in [2.24, 2.45) is 0 Å². The molecule has 24 heavy (non-hydrogen) atoms. The Bertz CT molecular complexity index is 740. The fourth-order valence-electron chi connectivity index (χ4n) is 1.37. The molecular formula is C13H14N2O8S. The van der Waals surface area contributed by atoms with Crippen LogP contribution < -0.4 is 4.72 Å². The predicted octanol–water partition coefficient (Wildman–Crippen LogP) is 1.13. The number of nitrogens with zero attached hydrogens (tertiary/aromatic N) is 1.